The Bertz CT molecular complexity index is 797. The molecule has 3 rings (SSSR count). The number of nitrogens with zero attached hydrogens (tertiary/aromatic N) is 2. The fourth-order valence-electron chi connectivity index (χ4n) is 2.19. The molecule has 1 heterocycles. The minimum Gasteiger partial charge on any atom is -0.383 e. The Hall–Kier alpha value is -2.14. The largest absolute Gasteiger partial charge is 0.383 e. The lowest BCUT2D eigenvalue weighted by Gasteiger charge is -2.03. The predicted molar refractivity (Wildman–Crippen MR) is 85.8 cm³/mol. The van der Waals surface area contributed by atoms with Gasteiger partial charge in [0, 0.05) is 11.1 Å². The van der Waals surface area contributed by atoms with Crippen LogP contribution in [0.25, 0.3) is 16.9 Å². The number of para-hydroxylation sites is 1. The first-order valence-corrected chi connectivity index (χ1v) is 7.23. The van der Waals surface area contributed by atoms with Crippen molar-refractivity contribution in [3.05, 3.63) is 64.4 Å². The number of hydrogen-bond acceptors (Lipinski definition) is 2. The average Bonchev–Trinajstić information content (AvgIpc) is 2.79. The number of benzene rings is 2. The SMILES string of the molecule is Cc1c(-c2ccc(Br)c(F)c2)nn(-c2ccccc2)c1N. The molecule has 106 valence electrons. The summed E-state index contributed by atoms with van der Waals surface area (Å²) in [5.74, 6) is 0.235. The van der Waals surface area contributed by atoms with Gasteiger partial charge in [0.2, 0.25) is 0 Å². The van der Waals surface area contributed by atoms with E-state index in [0.717, 1.165) is 11.3 Å². The summed E-state index contributed by atoms with van der Waals surface area (Å²) < 4.78 is 15.8. The van der Waals surface area contributed by atoms with Crippen LogP contribution in [0.15, 0.2) is 53.0 Å². The number of rotatable bonds is 2. The zero-order chi connectivity index (χ0) is 15.0. The standard InChI is InChI=1S/C16H13BrFN3/c1-10-15(11-7-8-13(17)14(18)9-11)20-21(16(10)19)12-5-3-2-4-6-12/h2-9H,19H2,1H3. The molecule has 0 unspecified atom stereocenters. The Labute approximate surface area is 130 Å². The summed E-state index contributed by atoms with van der Waals surface area (Å²) in [6.07, 6.45) is 0. The van der Waals surface area contributed by atoms with Gasteiger partial charge in [-0.2, -0.15) is 5.10 Å². The van der Waals surface area contributed by atoms with Crippen LogP contribution in [0.2, 0.25) is 0 Å². The van der Waals surface area contributed by atoms with Gasteiger partial charge >= 0.3 is 0 Å². The van der Waals surface area contributed by atoms with E-state index >= 15 is 0 Å². The molecule has 3 aromatic rings. The van der Waals surface area contributed by atoms with Crippen molar-refractivity contribution in [2.75, 3.05) is 5.73 Å². The van der Waals surface area contributed by atoms with Gasteiger partial charge in [-0.1, -0.05) is 24.3 Å². The molecule has 21 heavy (non-hydrogen) atoms. The molecule has 0 aliphatic carbocycles. The Morgan fingerprint density at radius 1 is 1.14 bits per heavy atom. The molecule has 5 heteroatoms. The summed E-state index contributed by atoms with van der Waals surface area (Å²) in [6.45, 7) is 1.89. The summed E-state index contributed by atoms with van der Waals surface area (Å²) in [5.41, 5.74) is 9.24. The van der Waals surface area contributed by atoms with E-state index in [4.69, 9.17) is 5.73 Å². The fraction of sp³-hybridized carbons (Fsp3) is 0.0625. The first-order valence-electron chi connectivity index (χ1n) is 6.44. The monoisotopic (exact) mass is 345 g/mol. The van der Waals surface area contributed by atoms with Crippen molar-refractivity contribution in [3.63, 3.8) is 0 Å². The Morgan fingerprint density at radius 2 is 1.86 bits per heavy atom. The van der Waals surface area contributed by atoms with Crippen molar-refractivity contribution in [1.29, 1.82) is 0 Å². The Balaban J connectivity index is 2.15. The van der Waals surface area contributed by atoms with E-state index in [9.17, 15) is 4.39 Å². The lowest BCUT2D eigenvalue weighted by molar-refractivity contribution is 0.621. The lowest BCUT2D eigenvalue weighted by Crippen LogP contribution is -2.01. The van der Waals surface area contributed by atoms with Gasteiger partial charge in [-0.05, 0) is 47.1 Å². The molecule has 0 spiro atoms. The molecule has 0 bridgehead atoms. The van der Waals surface area contributed by atoms with E-state index in [1.54, 1.807) is 10.7 Å². The summed E-state index contributed by atoms with van der Waals surface area (Å²) in [4.78, 5) is 0. The maximum absolute atomic E-state index is 13.7. The second-order valence-corrected chi connectivity index (χ2v) is 5.59. The van der Waals surface area contributed by atoms with Crippen LogP contribution in [0, 0.1) is 12.7 Å². The number of nitrogens with two attached hydrogens (primary N) is 1. The van der Waals surface area contributed by atoms with Crippen LogP contribution < -0.4 is 5.73 Å². The van der Waals surface area contributed by atoms with Gasteiger partial charge in [0.15, 0.2) is 0 Å². The third-order valence-corrected chi connectivity index (χ3v) is 4.00. The Kier molecular flexibility index (Phi) is 3.51. The first kappa shape index (κ1) is 13.8. The van der Waals surface area contributed by atoms with E-state index in [2.05, 4.69) is 21.0 Å². The highest BCUT2D eigenvalue weighted by Crippen LogP contribution is 2.30. The maximum Gasteiger partial charge on any atom is 0.138 e. The number of halogens is 2. The molecular weight excluding hydrogens is 333 g/mol. The predicted octanol–water partition coefficient (Wildman–Crippen LogP) is 4.33. The van der Waals surface area contributed by atoms with Crippen molar-refractivity contribution in [3.8, 4) is 16.9 Å². The normalized spacial score (nSPS) is 10.8. The molecule has 0 amide bonds. The fourth-order valence-corrected chi connectivity index (χ4v) is 2.44. The van der Waals surface area contributed by atoms with Crippen LogP contribution in [-0.2, 0) is 0 Å². The summed E-state index contributed by atoms with van der Waals surface area (Å²) in [6, 6.07) is 14.6. The summed E-state index contributed by atoms with van der Waals surface area (Å²) >= 11 is 3.15. The number of aromatic nitrogens is 2. The van der Waals surface area contributed by atoms with Crippen LogP contribution in [0.5, 0.6) is 0 Å². The van der Waals surface area contributed by atoms with Crippen LogP contribution >= 0.6 is 15.9 Å². The highest BCUT2D eigenvalue weighted by atomic mass is 79.9. The van der Waals surface area contributed by atoms with E-state index < -0.39 is 0 Å². The number of anilines is 1. The molecule has 2 aromatic carbocycles. The van der Waals surface area contributed by atoms with E-state index in [-0.39, 0.29) is 5.82 Å². The van der Waals surface area contributed by atoms with E-state index in [0.29, 0.717) is 21.5 Å². The van der Waals surface area contributed by atoms with Gasteiger partial charge in [-0.25, -0.2) is 9.07 Å². The maximum atomic E-state index is 13.7. The first-order chi connectivity index (χ1) is 10.1. The quantitative estimate of drug-likeness (QED) is 0.751. The van der Waals surface area contributed by atoms with Crippen molar-refractivity contribution < 1.29 is 4.39 Å². The second kappa shape index (κ2) is 5.33. The number of hydrogen-bond donors (Lipinski definition) is 1. The molecule has 0 radical (unpaired) electrons. The molecule has 0 saturated carbocycles. The van der Waals surface area contributed by atoms with Gasteiger partial charge in [-0.3, -0.25) is 0 Å². The number of nitrogen functional groups attached to an aromatic ring is 1. The Morgan fingerprint density at radius 3 is 2.52 bits per heavy atom. The van der Waals surface area contributed by atoms with Crippen molar-refractivity contribution >= 4 is 21.7 Å². The topological polar surface area (TPSA) is 43.8 Å². The van der Waals surface area contributed by atoms with Gasteiger partial charge < -0.3 is 5.73 Å². The molecule has 0 aliphatic heterocycles. The lowest BCUT2D eigenvalue weighted by atomic mass is 10.1. The molecule has 2 N–H and O–H groups in total. The molecule has 3 nitrogen and oxygen atoms in total. The van der Waals surface area contributed by atoms with Crippen molar-refractivity contribution in [1.82, 2.24) is 9.78 Å². The van der Waals surface area contributed by atoms with Crippen LogP contribution in [0.4, 0.5) is 10.2 Å². The van der Waals surface area contributed by atoms with Gasteiger partial charge in [0.1, 0.15) is 11.6 Å². The second-order valence-electron chi connectivity index (χ2n) is 4.74. The summed E-state index contributed by atoms with van der Waals surface area (Å²) in [5, 5.41) is 4.53. The van der Waals surface area contributed by atoms with Crippen molar-refractivity contribution in [2.45, 2.75) is 6.92 Å². The van der Waals surface area contributed by atoms with Crippen LogP contribution in [-0.4, -0.2) is 9.78 Å². The van der Waals surface area contributed by atoms with E-state index in [1.807, 2.05) is 43.3 Å². The summed E-state index contributed by atoms with van der Waals surface area (Å²) in [7, 11) is 0. The average molecular weight is 346 g/mol. The molecule has 0 saturated heterocycles. The highest BCUT2D eigenvalue weighted by molar-refractivity contribution is 9.10. The zero-order valence-electron chi connectivity index (χ0n) is 11.3. The van der Waals surface area contributed by atoms with Crippen LogP contribution in [0.1, 0.15) is 5.56 Å². The third-order valence-electron chi connectivity index (χ3n) is 3.36. The minimum atomic E-state index is -0.320. The van der Waals surface area contributed by atoms with Gasteiger partial charge in [0.05, 0.1) is 15.9 Å². The molecule has 0 aliphatic rings. The minimum absolute atomic E-state index is 0.320. The van der Waals surface area contributed by atoms with Gasteiger partial charge in [-0.15, -0.1) is 0 Å². The molecule has 0 atom stereocenters. The van der Waals surface area contributed by atoms with Crippen molar-refractivity contribution in [2.24, 2.45) is 0 Å². The highest BCUT2D eigenvalue weighted by Gasteiger charge is 2.15. The van der Waals surface area contributed by atoms with E-state index in [1.165, 1.54) is 6.07 Å². The zero-order valence-corrected chi connectivity index (χ0v) is 12.9. The molecule has 0 fully saturated rings. The van der Waals surface area contributed by atoms with Crippen LogP contribution in [0.3, 0.4) is 0 Å². The third kappa shape index (κ3) is 2.45. The molecule has 1 aromatic heterocycles. The molecular formula is C16H13BrFN3. The van der Waals surface area contributed by atoms with Gasteiger partial charge in [0.25, 0.3) is 0 Å². The smallest absolute Gasteiger partial charge is 0.138 e.